The molecule has 104 valence electrons. The molecule has 0 saturated heterocycles. The monoisotopic (exact) mass is 430 g/mol. The lowest BCUT2D eigenvalue weighted by Crippen LogP contribution is -1.99. The number of H-pyrrole nitrogens is 1. The van der Waals surface area contributed by atoms with Gasteiger partial charge in [-0.25, -0.2) is 4.98 Å². The first-order valence-corrected chi connectivity index (χ1v) is 9.29. The fraction of sp³-hybridized carbons (Fsp3) is 0.286. The van der Waals surface area contributed by atoms with E-state index in [2.05, 4.69) is 54.0 Å². The highest BCUT2D eigenvalue weighted by Crippen LogP contribution is 2.42. The lowest BCUT2D eigenvalue weighted by molar-refractivity contribution is 0.912. The van der Waals surface area contributed by atoms with Crippen LogP contribution in [0.2, 0.25) is 0 Å². The van der Waals surface area contributed by atoms with Crippen LogP contribution in [0.15, 0.2) is 38.1 Å². The Balaban J connectivity index is 1.81. The van der Waals surface area contributed by atoms with Gasteiger partial charge in [0.15, 0.2) is 0 Å². The van der Waals surface area contributed by atoms with Gasteiger partial charge in [-0.1, -0.05) is 24.4 Å². The second kappa shape index (κ2) is 6.30. The van der Waals surface area contributed by atoms with Gasteiger partial charge in [0, 0.05) is 21.0 Å². The zero-order valence-electron chi connectivity index (χ0n) is 10.5. The number of benzene rings is 1. The molecule has 6 heteroatoms. The molecule has 0 bridgehead atoms. The summed E-state index contributed by atoms with van der Waals surface area (Å²) in [5, 5.41) is 0. The fourth-order valence-electron chi connectivity index (χ4n) is 1.95. The summed E-state index contributed by atoms with van der Waals surface area (Å²) in [6, 6.07) is 8.21. The summed E-state index contributed by atoms with van der Waals surface area (Å²) in [4.78, 5) is 9.12. The first kappa shape index (κ1) is 14.8. The predicted octanol–water partition coefficient (Wildman–Crippen LogP) is 5.83. The molecule has 2 nitrogen and oxygen atoms in total. The maximum atomic E-state index is 5.34. The molecule has 1 N–H and O–H groups in total. The molecular weight excluding hydrogens is 420 g/mol. The molecule has 1 aliphatic rings. The Bertz CT molecular complexity index is 696. The van der Waals surface area contributed by atoms with Gasteiger partial charge in [-0.05, 0) is 56.8 Å². The van der Waals surface area contributed by atoms with Crippen LogP contribution in [0.4, 0.5) is 0 Å². The molecule has 20 heavy (non-hydrogen) atoms. The SMILES string of the molecule is S=c1nc(CSc2ccccc2Br)[nH]c(C2CC2)c1Br. The van der Waals surface area contributed by atoms with E-state index in [0.717, 1.165) is 20.5 Å². The van der Waals surface area contributed by atoms with Gasteiger partial charge < -0.3 is 4.98 Å². The number of aromatic nitrogens is 2. The van der Waals surface area contributed by atoms with Crippen LogP contribution in [0.3, 0.4) is 0 Å². The maximum Gasteiger partial charge on any atom is 0.144 e. The minimum absolute atomic E-state index is 0.626. The molecule has 1 aliphatic carbocycles. The number of aromatic amines is 1. The summed E-state index contributed by atoms with van der Waals surface area (Å²) in [7, 11) is 0. The van der Waals surface area contributed by atoms with Crippen LogP contribution in [-0.2, 0) is 5.75 Å². The number of nitrogens with zero attached hydrogens (tertiary/aromatic N) is 1. The third kappa shape index (κ3) is 3.35. The summed E-state index contributed by atoms with van der Waals surface area (Å²) in [6.07, 6.45) is 2.48. The first-order chi connectivity index (χ1) is 9.65. The van der Waals surface area contributed by atoms with Crippen LogP contribution in [0, 0.1) is 4.64 Å². The predicted molar refractivity (Wildman–Crippen MR) is 92.8 cm³/mol. The van der Waals surface area contributed by atoms with Gasteiger partial charge in [-0.3, -0.25) is 0 Å². The van der Waals surface area contributed by atoms with Crippen LogP contribution in [0.25, 0.3) is 0 Å². The van der Waals surface area contributed by atoms with Crippen LogP contribution in [0.5, 0.6) is 0 Å². The standard InChI is InChI=1S/C14H12Br2N2S2/c15-9-3-1-2-4-10(9)20-7-11-17-13(8-5-6-8)12(16)14(19)18-11/h1-4,8H,5-7H2,(H,17,18,19). The Morgan fingerprint density at radius 3 is 2.75 bits per heavy atom. The number of nitrogens with one attached hydrogen (secondary N) is 1. The molecule has 3 rings (SSSR count). The van der Waals surface area contributed by atoms with E-state index in [0.29, 0.717) is 10.6 Å². The van der Waals surface area contributed by atoms with Crippen LogP contribution in [0.1, 0.15) is 30.3 Å². The number of thioether (sulfide) groups is 1. The smallest absolute Gasteiger partial charge is 0.144 e. The highest BCUT2D eigenvalue weighted by molar-refractivity contribution is 9.10. The van der Waals surface area contributed by atoms with Crippen molar-refractivity contribution < 1.29 is 0 Å². The van der Waals surface area contributed by atoms with Gasteiger partial charge in [0.05, 0.1) is 10.2 Å². The van der Waals surface area contributed by atoms with E-state index >= 15 is 0 Å². The van der Waals surface area contributed by atoms with Crippen molar-refractivity contribution in [3.05, 3.63) is 49.4 Å². The third-order valence-corrected chi connectivity index (χ3v) is 6.53. The maximum absolute atomic E-state index is 5.34. The second-order valence-electron chi connectivity index (χ2n) is 4.71. The number of hydrogen-bond donors (Lipinski definition) is 1. The molecule has 1 aromatic carbocycles. The van der Waals surface area contributed by atoms with E-state index in [1.807, 2.05) is 12.1 Å². The lowest BCUT2D eigenvalue weighted by Gasteiger charge is -2.08. The molecule has 0 atom stereocenters. The normalized spacial score (nSPS) is 14.5. The van der Waals surface area contributed by atoms with Crippen LogP contribution < -0.4 is 0 Å². The van der Waals surface area contributed by atoms with Crippen molar-refractivity contribution in [2.45, 2.75) is 29.4 Å². The molecule has 1 fully saturated rings. The fourth-order valence-corrected chi connectivity index (χ4v) is 4.12. The summed E-state index contributed by atoms with van der Waals surface area (Å²) in [6.45, 7) is 0. The highest BCUT2D eigenvalue weighted by atomic mass is 79.9. The van der Waals surface area contributed by atoms with Gasteiger partial charge in [0.25, 0.3) is 0 Å². The highest BCUT2D eigenvalue weighted by Gasteiger charge is 2.27. The molecule has 1 heterocycles. The van der Waals surface area contributed by atoms with Gasteiger partial charge in [-0.15, -0.1) is 11.8 Å². The largest absolute Gasteiger partial charge is 0.345 e. The van der Waals surface area contributed by atoms with E-state index in [9.17, 15) is 0 Å². The van der Waals surface area contributed by atoms with Crippen LogP contribution in [-0.4, -0.2) is 9.97 Å². The number of halogens is 2. The van der Waals surface area contributed by atoms with Crippen molar-refractivity contribution in [2.24, 2.45) is 0 Å². The molecule has 0 unspecified atom stereocenters. The quantitative estimate of drug-likeness (QED) is 0.487. The van der Waals surface area contributed by atoms with E-state index in [-0.39, 0.29) is 0 Å². The number of rotatable bonds is 4. The second-order valence-corrected chi connectivity index (χ2v) is 7.76. The van der Waals surface area contributed by atoms with E-state index < -0.39 is 0 Å². The van der Waals surface area contributed by atoms with Gasteiger partial charge in [0.2, 0.25) is 0 Å². The van der Waals surface area contributed by atoms with Crippen molar-refractivity contribution in [3.63, 3.8) is 0 Å². The van der Waals surface area contributed by atoms with Crippen molar-refractivity contribution in [2.75, 3.05) is 0 Å². The van der Waals surface area contributed by atoms with Crippen molar-refractivity contribution in [3.8, 4) is 0 Å². The Labute approximate surface area is 144 Å². The Morgan fingerprint density at radius 1 is 1.30 bits per heavy atom. The molecular formula is C14H12Br2N2S2. The lowest BCUT2D eigenvalue weighted by atomic mass is 10.3. The summed E-state index contributed by atoms with van der Waals surface area (Å²) in [5.74, 6) is 2.36. The average Bonchev–Trinajstić information content (AvgIpc) is 3.26. The average molecular weight is 432 g/mol. The van der Waals surface area contributed by atoms with Gasteiger partial charge in [0.1, 0.15) is 10.5 Å². The van der Waals surface area contributed by atoms with Gasteiger partial charge >= 0.3 is 0 Å². The molecule has 1 saturated carbocycles. The summed E-state index contributed by atoms with van der Waals surface area (Å²) < 4.78 is 2.74. The third-order valence-electron chi connectivity index (χ3n) is 3.13. The molecule has 0 radical (unpaired) electrons. The Kier molecular flexibility index (Phi) is 4.65. The van der Waals surface area contributed by atoms with E-state index in [4.69, 9.17) is 12.2 Å². The van der Waals surface area contributed by atoms with Crippen LogP contribution >= 0.6 is 55.8 Å². The molecule has 0 amide bonds. The van der Waals surface area contributed by atoms with Crippen molar-refractivity contribution in [1.29, 1.82) is 0 Å². The minimum Gasteiger partial charge on any atom is -0.345 e. The zero-order valence-corrected chi connectivity index (χ0v) is 15.3. The zero-order chi connectivity index (χ0) is 14.1. The Morgan fingerprint density at radius 2 is 2.05 bits per heavy atom. The van der Waals surface area contributed by atoms with E-state index in [1.165, 1.54) is 23.4 Å². The summed E-state index contributed by atoms with van der Waals surface area (Å²) in [5.41, 5.74) is 1.22. The Hall–Kier alpha value is -0.170. The van der Waals surface area contributed by atoms with E-state index in [1.54, 1.807) is 11.8 Å². The van der Waals surface area contributed by atoms with Crippen molar-refractivity contribution in [1.82, 2.24) is 9.97 Å². The molecule has 2 aromatic rings. The topological polar surface area (TPSA) is 28.7 Å². The number of hydrogen-bond acceptors (Lipinski definition) is 3. The molecule has 1 aromatic heterocycles. The van der Waals surface area contributed by atoms with Gasteiger partial charge in [-0.2, -0.15) is 0 Å². The van der Waals surface area contributed by atoms with Crippen molar-refractivity contribution >= 4 is 55.8 Å². The summed E-state index contributed by atoms with van der Waals surface area (Å²) >= 11 is 14.2. The molecule has 0 spiro atoms. The first-order valence-electron chi connectivity index (χ1n) is 6.31. The minimum atomic E-state index is 0.626. The molecule has 0 aliphatic heterocycles.